The molecule has 1 aliphatic heterocycles. The van der Waals surface area contributed by atoms with E-state index in [9.17, 15) is 0 Å². The maximum Gasteiger partial charge on any atom is 0.0617 e. The Kier molecular flexibility index (Phi) is 3.54. The molecule has 1 N–H and O–H groups in total. The molecule has 2 rings (SSSR count). The SMILES string of the molecule is CC1=CC=CNC1(C)C(C)c1ccc(Cl)cc1C. The first-order valence-corrected chi connectivity index (χ1v) is 6.70. The Labute approximate surface area is 115 Å². The molecule has 1 nitrogen and oxygen atoms in total. The van der Waals surface area contributed by atoms with Crippen molar-refractivity contribution in [2.24, 2.45) is 0 Å². The first-order valence-electron chi connectivity index (χ1n) is 6.33. The quantitative estimate of drug-likeness (QED) is 0.822. The fourth-order valence-corrected chi connectivity index (χ4v) is 2.83. The standard InChI is InChI=1S/C16H20ClN/c1-11-10-14(17)7-8-15(11)13(3)16(4)12(2)6-5-9-18-16/h5-10,13,18H,1-4H3. The van der Waals surface area contributed by atoms with Gasteiger partial charge >= 0.3 is 0 Å². The first kappa shape index (κ1) is 13.2. The summed E-state index contributed by atoms with van der Waals surface area (Å²) in [6.45, 7) is 8.82. The Morgan fingerprint density at radius 2 is 2.00 bits per heavy atom. The van der Waals surface area contributed by atoms with Crippen LogP contribution in [0.1, 0.15) is 37.8 Å². The van der Waals surface area contributed by atoms with Crippen LogP contribution in [0.5, 0.6) is 0 Å². The van der Waals surface area contributed by atoms with Crippen molar-refractivity contribution in [3.05, 3.63) is 58.3 Å². The number of rotatable bonds is 2. The molecule has 0 bridgehead atoms. The molecule has 1 aromatic rings. The minimum Gasteiger partial charge on any atom is -0.381 e. The van der Waals surface area contributed by atoms with Gasteiger partial charge in [0.05, 0.1) is 5.54 Å². The molecule has 0 fully saturated rings. The van der Waals surface area contributed by atoms with Gasteiger partial charge < -0.3 is 5.32 Å². The van der Waals surface area contributed by atoms with E-state index in [4.69, 9.17) is 11.6 Å². The Bertz CT molecular complexity index is 516. The van der Waals surface area contributed by atoms with Crippen molar-refractivity contribution < 1.29 is 0 Å². The molecular formula is C16H20ClN. The Morgan fingerprint density at radius 1 is 1.28 bits per heavy atom. The molecule has 2 atom stereocenters. The number of hydrogen-bond acceptors (Lipinski definition) is 1. The van der Waals surface area contributed by atoms with Crippen LogP contribution in [0.3, 0.4) is 0 Å². The molecule has 0 amide bonds. The predicted molar refractivity (Wildman–Crippen MR) is 79.0 cm³/mol. The molecule has 2 heteroatoms. The summed E-state index contributed by atoms with van der Waals surface area (Å²) >= 11 is 6.03. The summed E-state index contributed by atoms with van der Waals surface area (Å²) in [6, 6.07) is 6.15. The highest BCUT2D eigenvalue weighted by molar-refractivity contribution is 6.30. The van der Waals surface area contributed by atoms with Gasteiger partial charge in [0.2, 0.25) is 0 Å². The number of hydrogen-bond donors (Lipinski definition) is 1. The topological polar surface area (TPSA) is 12.0 Å². The van der Waals surface area contributed by atoms with Crippen LogP contribution in [-0.4, -0.2) is 5.54 Å². The molecule has 0 radical (unpaired) electrons. The largest absolute Gasteiger partial charge is 0.381 e. The van der Waals surface area contributed by atoms with E-state index in [2.05, 4.69) is 51.2 Å². The lowest BCUT2D eigenvalue weighted by molar-refractivity contribution is 0.394. The second kappa shape index (κ2) is 4.81. The van der Waals surface area contributed by atoms with Gasteiger partial charge in [-0.3, -0.25) is 0 Å². The van der Waals surface area contributed by atoms with Crippen LogP contribution >= 0.6 is 11.6 Å². The highest BCUT2D eigenvalue weighted by Gasteiger charge is 2.34. The van der Waals surface area contributed by atoms with Crippen LogP contribution < -0.4 is 5.32 Å². The van der Waals surface area contributed by atoms with Crippen LogP contribution in [0, 0.1) is 6.92 Å². The van der Waals surface area contributed by atoms with Crippen molar-refractivity contribution >= 4 is 11.6 Å². The smallest absolute Gasteiger partial charge is 0.0617 e. The van der Waals surface area contributed by atoms with Crippen molar-refractivity contribution in [2.45, 2.75) is 39.2 Å². The summed E-state index contributed by atoms with van der Waals surface area (Å²) in [7, 11) is 0. The highest BCUT2D eigenvalue weighted by atomic mass is 35.5. The molecule has 0 aliphatic carbocycles. The van der Waals surface area contributed by atoms with Gasteiger partial charge in [0.1, 0.15) is 0 Å². The third-order valence-electron chi connectivity index (χ3n) is 4.21. The molecule has 0 saturated carbocycles. The average Bonchev–Trinajstić information content (AvgIpc) is 2.32. The fraction of sp³-hybridized carbons (Fsp3) is 0.375. The van der Waals surface area contributed by atoms with Gasteiger partial charge in [-0.15, -0.1) is 0 Å². The summed E-state index contributed by atoms with van der Waals surface area (Å²) in [5.74, 6) is 0.385. The van der Waals surface area contributed by atoms with E-state index in [1.165, 1.54) is 16.7 Å². The Balaban J connectivity index is 2.39. The Morgan fingerprint density at radius 3 is 2.61 bits per heavy atom. The van der Waals surface area contributed by atoms with Crippen LogP contribution in [0.25, 0.3) is 0 Å². The zero-order valence-corrected chi connectivity index (χ0v) is 12.2. The number of benzene rings is 1. The van der Waals surface area contributed by atoms with Crippen LogP contribution in [-0.2, 0) is 0 Å². The lowest BCUT2D eigenvalue weighted by Crippen LogP contribution is -2.46. The van der Waals surface area contributed by atoms with Gasteiger partial charge in [0, 0.05) is 10.9 Å². The zero-order chi connectivity index (χ0) is 13.3. The molecule has 0 aromatic heterocycles. The van der Waals surface area contributed by atoms with Gasteiger partial charge in [0.15, 0.2) is 0 Å². The highest BCUT2D eigenvalue weighted by Crippen LogP contribution is 2.36. The van der Waals surface area contributed by atoms with E-state index in [0.717, 1.165) is 5.02 Å². The van der Waals surface area contributed by atoms with E-state index in [1.54, 1.807) is 0 Å². The minimum absolute atomic E-state index is 0.0344. The van der Waals surface area contributed by atoms with Crippen molar-refractivity contribution in [1.82, 2.24) is 5.32 Å². The summed E-state index contributed by atoms with van der Waals surface area (Å²) in [6.07, 6.45) is 6.26. The van der Waals surface area contributed by atoms with E-state index >= 15 is 0 Å². The molecule has 2 unspecified atom stereocenters. The summed E-state index contributed by atoms with van der Waals surface area (Å²) in [4.78, 5) is 0. The van der Waals surface area contributed by atoms with Crippen LogP contribution in [0.15, 0.2) is 42.1 Å². The molecule has 96 valence electrons. The van der Waals surface area contributed by atoms with Crippen LogP contribution in [0.4, 0.5) is 0 Å². The lowest BCUT2D eigenvalue weighted by atomic mass is 9.75. The number of nitrogens with one attached hydrogen (secondary N) is 1. The van der Waals surface area contributed by atoms with Gasteiger partial charge in [-0.1, -0.05) is 30.7 Å². The van der Waals surface area contributed by atoms with E-state index in [1.807, 2.05) is 18.3 Å². The lowest BCUT2D eigenvalue weighted by Gasteiger charge is -2.40. The van der Waals surface area contributed by atoms with Gasteiger partial charge in [0.25, 0.3) is 0 Å². The maximum atomic E-state index is 6.03. The summed E-state index contributed by atoms with van der Waals surface area (Å²) in [5, 5.41) is 4.31. The zero-order valence-electron chi connectivity index (χ0n) is 11.4. The third-order valence-corrected chi connectivity index (χ3v) is 4.44. The summed E-state index contributed by atoms with van der Waals surface area (Å²) < 4.78 is 0. The first-order chi connectivity index (χ1) is 8.45. The van der Waals surface area contributed by atoms with Crippen molar-refractivity contribution in [2.75, 3.05) is 0 Å². The number of halogens is 1. The van der Waals surface area contributed by atoms with Crippen LogP contribution in [0.2, 0.25) is 5.02 Å². The average molecular weight is 262 g/mol. The molecule has 0 spiro atoms. The number of aryl methyl sites for hydroxylation is 1. The Hall–Kier alpha value is -1.21. The second-order valence-corrected chi connectivity index (χ2v) is 5.71. The van der Waals surface area contributed by atoms with Gasteiger partial charge in [-0.25, -0.2) is 0 Å². The van der Waals surface area contributed by atoms with Crippen molar-refractivity contribution in [1.29, 1.82) is 0 Å². The van der Waals surface area contributed by atoms with E-state index < -0.39 is 0 Å². The molecule has 1 aromatic carbocycles. The van der Waals surface area contributed by atoms with E-state index in [-0.39, 0.29) is 5.54 Å². The molecule has 0 saturated heterocycles. The monoisotopic (exact) mass is 261 g/mol. The molecule has 1 heterocycles. The normalized spacial score (nSPS) is 24.4. The van der Waals surface area contributed by atoms with E-state index in [0.29, 0.717) is 5.92 Å². The van der Waals surface area contributed by atoms with Gasteiger partial charge in [-0.05, 0) is 61.9 Å². The summed E-state index contributed by atoms with van der Waals surface area (Å²) in [5.41, 5.74) is 3.91. The second-order valence-electron chi connectivity index (χ2n) is 5.28. The molecule has 18 heavy (non-hydrogen) atoms. The van der Waals surface area contributed by atoms with Crippen molar-refractivity contribution in [3.63, 3.8) is 0 Å². The van der Waals surface area contributed by atoms with Gasteiger partial charge in [-0.2, -0.15) is 0 Å². The maximum absolute atomic E-state index is 6.03. The van der Waals surface area contributed by atoms with Crippen molar-refractivity contribution in [3.8, 4) is 0 Å². The fourth-order valence-electron chi connectivity index (χ4n) is 2.60. The number of dihydropyridines is 1. The molecule has 1 aliphatic rings. The number of allylic oxidation sites excluding steroid dienone is 2. The minimum atomic E-state index is -0.0344. The predicted octanol–water partition coefficient (Wildman–Crippen LogP) is 4.57. The molecular weight excluding hydrogens is 242 g/mol. The third kappa shape index (κ3) is 2.20.